The number of hydrogen-bond donors (Lipinski definition) is 3. The number of rotatable bonds is 5. The van der Waals surface area contributed by atoms with Gasteiger partial charge in [0.05, 0.1) is 0 Å². The van der Waals surface area contributed by atoms with Gasteiger partial charge in [-0.1, -0.05) is 18.2 Å². The number of hydrogen-bond acceptors (Lipinski definition) is 3. The predicted octanol–water partition coefficient (Wildman–Crippen LogP) is 2.89. The maximum absolute atomic E-state index is 13.6. The Balaban J connectivity index is 1.63. The summed E-state index contributed by atoms with van der Waals surface area (Å²) in [5.41, 5.74) is 7.99. The van der Waals surface area contributed by atoms with Crippen LogP contribution in [0.4, 0.5) is 20.6 Å². The molecule has 0 aliphatic carbocycles. The second-order valence-electron chi connectivity index (χ2n) is 7.15. The minimum Gasteiger partial charge on any atom is -0.335 e. The number of halogens is 1. The van der Waals surface area contributed by atoms with Gasteiger partial charge in [-0.05, 0) is 61.7 Å². The molecule has 1 aliphatic heterocycles. The Kier molecular flexibility index (Phi) is 6.26. The molecule has 0 radical (unpaired) electrons. The van der Waals surface area contributed by atoms with E-state index in [0.29, 0.717) is 25.2 Å². The van der Waals surface area contributed by atoms with Crippen molar-refractivity contribution in [2.24, 2.45) is 11.7 Å². The first-order valence-corrected chi connectivity index (χ1v) is 9.37. The first-order valence-electron chi connectivity index (χ1n) is 9.37. The number of nitrogens with zero attached hydrogens (tertiary/aromatic N) is 1. The van der Waals surface area contributed by atoms with Crippen molar-refractivity contribution in [2.45, 2.75) is 25.8 Å². The van der Waals surface area contributed by atoms with Crippen LogP contribution < -0.4 is 21.3 Å². The van der Waals surface area contributed by atoms with E-state index in [0.717, 1.165) is 11.3 Å². The number of nitrogens with one attached hydrogen (secondary N) is 2. The summed E-state index contributed by atoms with van der Waals surface area (Å²) in [4.78, 5) is 26.6. The summed E-state index contributed by atoms with van der Waals surface area (Å²) in [7, 11) is 0. The normalized spacial score (nSPS) is 16.8. The van der Waals surface area contributed by atoms with Crippen LogP contribution in [0, 0.1) is 11.7 Å². The summed E-state index contributed by atoms with van der Waals surface area (Å²) in [6.45, 7) is 2.70. The highest BCUT2D eigenvalue weighted by molar-refractivity contribution is 5.96. The molecule has 2 aromatic rings. The van der Waals surface area contributed by atoms with Crippen molar-refractivity contribution in [2.75, 3.05) is 23.3 Å². The van der Waals surface area contributed by atoms with Gasteiger partial charge in [-0.3, -0.25) is 4.79 Å². The van der Waals surface area contributed by atoms with Crippen molar-refractivity contribution in [3.05, 3.63) is 59.9 Å². The van der Waals surface area contributed by atoms with Crippen LogP contribution >= 0.6 is 0 Å². The maximum atomic E-state index is 13.6. The lowest BCUT2D eigenvalue weighted by molar-refractivity contribution is -0.119. The summed E-state index contributed by atoms with van der Waals surface area (Å²) in [5.74, 6) is -0.363. The van der Waals surface area contributed by atoms with Gasteiger partial charge < -0.3 is 21.3 Å². The fourth-order valence-electron chi connectivity index (χ4n) is 3.44. The highest BCUT2D eigenvalue weighted by Gasteiger charge is 2.29. The predicted molar refractivity (Wildman–Crippen MR) is 108 cm³/mol. The molecule has 28 heavy (non-hydrogen) atoms. The van der Waals surface area contributed by atoms with Crippen LogP contribution in [0.25, 0.3) is 0 Å². The molecule has 148 valence electrons. The number of nitrogens with two attached hydrogens (primary N) is 1. The van der Waals surface area contributed by atoms with Crippen LogP contribution in [-0.2, 0) is 11.2 Å². The molecular formula is C21H25FN4O2. The number of carbonyl (C=O) groups is 2. The first kappa shape index (κ1) is 19.8. The lowest BCUT2D eigenvalue weighted by atomic mass is 9.92. The first-order chi connectivity index (χ1) is 13.5. The highest BCUT2D eigenvalue weighted by Crippen LogP contribution is 2.30. The molecule has 6 nitrogen and oxygen atoms in total. The zero-order valence-corrected chi connectivity index (χ0v) is 15.8. The topological polar surface area (TPSA) is 87.5 Å². The van der Waals surface area contributed by atoms with E-state index in [1.165, 1.54) is 12.1 Å². The average Bonchev–Trinajstić information content (AvgIpc) is 2.67. The van der Waals surface area contributed by atoms with Crippen molar-refractivity contribution in [1.82, 2.24) is 5.32 Å². The van der Waals surface area contributed by atoms with Crippen molar-refractivity contribution in [1.29, 1.82) is 0 Å². The summed E-state index contributed by atoms with van der Waals surface area (Å²) < 4.78 is 13.6. The minimum absolute atomic E-state index is 0.0860. The van der Waals surface area contributed by atoms with E-state index in [-0.39, 0.29) is 36.1 Å². The van der Waals surface area contributed by atoms with E-state index in [2.05, 4.69) is 10.6 Å². The van der Waals surface area contributed by atoms with Crippen LogP contribution in [0.3, 0.4) is 0 Å². The Morgan fingerprint density at radius 1 is 1.25 bits per heavy atom. The molecule has 0 bridgehead atoms. The second-order valence-corrected chi connectivity index (χ2v) is 7.15. The van der Waals surface area contributed by atoms with Crippen molar-refractivity contribution >= 4 is 23.3 Å². The Bertz CT molecular complexity index is 844. The molecule has 3 rings (SSSR count). The number of para-hydroxylation sites is 1. The average molecular weight is 384 g/mol. The number of urea groups is 1. The van der Waals surface area contributed by atoms with Gasteiger partial charge in [-0.2, -0.15) is 0 Å². The Morgan fingerprint density at radius 3 is 2.71 bits per heavy atom. The summed E-state index contributed by atoms with van der Waals surface area (Å²) >= 11 is 0. The van der Waals surface area contributed by atoms with Gasteiger partial charge in [-0.25, -0.2) is 9.18 Å². The van der Waals surface area contributed by atoms with E-state index in [9.17, 15) is 14.0 Å². The van der Waals surface area contributed by atoms with Gasteiger partial charge in [0, 0.05) is 30.4 Å². The fraction of sp³-hybridized carbons (Fsp3) is 0.333. The van der Waals surface area contributed by atoms with Gasteiger partial charge in [0.25, 0.3) is 0 Å². The molecule has 4 N–H and O–H groups in total. The van der Waals surface area contributed by atoms with Crippen LogP contribution in [-0.4, -0.2) is 31.1 Å². The van der Waals surface area contributed by atoms with E-state index >= 15 is 0 Å². The zero-order valence-electron chi connectivity index (χ0n) is 15.8. The molecule has 0 spiro atoms. The van der Waals surface area contributed by atoms with Gasteiger partial charge in [0.2, 0.25) is 5.91 Å². The van der Waals surface area contributed by atoms with Crippen LogP contribution in [0.5, 0.6) is 0 Å². The second kappa shape index (κ2) is 8.84. The standard InChI is InChI=1S/C21H25FN4O2/c1-14(24-21(28)25-18-5-3-2-4-6-18)9-20(27)26-13-15(12-23)10-16-11-17(22)7-8-19(16)26/h2-8,11,14-15H,9-10,12-13,23H2,1H3,(H2,24,25,28). The van der Waals surface area contributed by atoms with Gasteiger partial charge >= 0.3 is 6.03 Å². The maximum Gasteiger partial charge on any atom is 0.319 e. The largest absolute Gasteiger partial charge is 0.335 e. The van der Waals surface area contributed by atoms with E-state index in [1.807, 2.05) is 18.2 Å². The smallest absolute Gasteiger partial charge is 0.319 e. The van der Waals surface area contributed by atoms with E-state index in [1.54, 1.807) is 30.0 Å². The van der Waals surface area contributed by atoms with Gasteiger partial charge in [0.15, 0.2) is 0 Å². The molecule has 2 atom stereocenters. The number of fused-ring (bicyclic) bond motifs is 1. The van der Waals surface area contributed by atoms with Crippen molar-refractivity contribution in [3.8, 4) is 0 Å². The molecule has 0 saturated carbocycles. The fourth-order valence-corrected chi connectivity index (χ4v) is 3.44. The third-order valence-corrected chi connectivity index (χ3v) is 4.81. The molecule has 0 aromatic heterocycles. The van der Waals surface area contributed by atoms with Crippen LogP contribution in [0.1, 0.15) is 18.9 Å². The third-order valence-electron chi connectivity index (χ3n) is 4.81. The quantitative estimate of drug-likeness (QED) is 0.741. The van der Waals surface area contributed by atoms with Crippen LogP contribution in [0.15, 0.2) is 48.5 Å². The monoisotopic (exact) mass is 384 g/mol. The summed E-state index contributed by atoms with van der Waals surface area (Å²) in [6, 6.07) is 12.8. The molecule has 0 fully saturated rings. The molecule has 2 unspecified atom stereocenters. The van der Waals surface area contributed by atoms with Gasteiger partial charge in [0.1, 0.15) is 5.82 Å². The lowest BCUT2D eigenvalue weighted by Crippen LogP contribution is -2.45. The summed E-state index contributed by atoms with van der Waals surface area (Å²) in [6.07, 6.45) is 0.789. The zero-order chi connectivity index (χ0) is 20.1. The Labute approximate surface area is 163 Å². The summed E-state index contributed by atoms with van der Waals surface area (Å²) in [5, 5.41) is 5.50. The molecule has 2 aromatic carbocycles. The van der Waals surface area contributed by atoms with E-state index < -0.39 is 0 Å². The number of benzene rings is 2. The molecule has 1 aliphatic rings. The van der Waals surface area contributed by atoms with Gasteiger partial charge in [-0.15, -0.1) is 0 Å². The minimum atomic E-state index is -0.368. The Morgan fingerprint density at radius 2 is 2.00 bits per heavy atom. The van der Waals surface area contributed by atoms with Crippen LogP contribution in [0.2, 0.25) is 0 Å². The lowest BCUT2D eigenvalue weighted by Gasteiger charge is -2.35. The molecular weight excluding hydrogens is 359 g/mol. The molecule has 3 amide bonds. The number of amides is 3. The highest BCUT2D eigenvalue weighted by atomic mass is 19.1. The van der Waals surface area contributed by atoms with E-state index in [4.69, 9.17) is 5.73 Å². The Hall–Kier alpha value is -2.93. The SMILES string of the molecule is CC(CC(=O)N1CC(CN)Cc2cc(F)ccc21)NC(=O)Nc1ccccc1. The number of anilines is 2. The van der Waals surface area contributed by atoms with Crippen molar-refractivity contribution in [3.63, 3.8) is 0 Å². The third kappa shape index (κ3) is 4.86. The number of carbonyl (C=O) groups excluding carboxylic acids is 2. The molecule has 1 heterocycles. The molecule has 7 heteroatoms. The van der Waals surface area contributed by atoms with Crippen molar-refractivity contribution < 1.29 is 14.0 Å². The molecule has 0 saturated heterocycles.